The Kier molecular flexibility index (Phi) is 5.88. The van der Waals surface area contributed by atoms with Gasteiger partial charge in [-0.25, -0.2) is 0 Å². The molecule has 1 aromatic carbocycles. The number of nitrogens with one attached hydrogen (secondary N) is 1. The Hall–Kier alpha value is -1.04. The topological polar surface area (TPSA) is 55.4 Å². The Bertz CT molecular complexity index is 478. The Balaban J connectivity index is 1.55. The van der Waals surface area contributed by atoms with Gasteiger partial charge in [0.15, 0.2) is 0 Å². The molecule has 108 valence electrons. The fourth-order valence-electron chi connectivity index (χ4n) is 1.89. The van der Waals surface area contributed by atoms with Gasteiger partial charge in [0.25, 0.3) is 5.24 Å². The van der Waals surface area contributed by atoms with Crippen molar-refractivity contribution >= 4 is 34.5 Å². The molecular weight excluding hydrogens is 298 g/mol. The number of amides is 2. The zero-order valence-electron chi connectivity index (χ0n) is 10.9. The van der Waals surface area contributed by atoms with Crippen molar-refractivity contribution in [1.29, 1.82) is 0 Å². The van der Waals surface area contributed by atoms with Gasteiger partial charge < -0.3 is 4.74 Å². The van der Waals surface area contributed by atoms with Gasteiger partial charge in [0.05, 0.1) is 11.9 Å². The predicted octanol–water partition coefficient (Wildman–Crippen LogP) is 3.38. The largest absolute Gasteiger partial charge is 0.377 e. The van der Waals surface area contributed by atoms with Gasteiger partial charge in [0, 0.05) is 11.6 Å². The van der Waals surface area contributed by atoms with E-state index in [-0.39, 0.29) is 16.4 Å². The van der Waals surface area contributed by atoms with Crippen LogP contribution in [0.1, 0.15) is 24.8 Å². The normalized spacial score (nSPS) is 18.4. The summed E-state index contributed by atoms with van der Waals surface area (Å²) in [5.74, 6) is -0.165. The van der Waals surface area contributed by atoms with Crippen LogP contribution >= 0.6 is 23.4 Å². The molecule has 1 aliphatic rings. The van der Waals surface area contributed by atoms with Gasteiger partial charge >= 0.3 is 0 Å². The first-order valence-electron chi connectivity index (χ1n) is 6.49. The lowest BCUT2D eigenvalue weighted by Gasteiger charge is -2.06. The number of carbonyl (C=O) groups is 2. The van der Waals surface area contributed by atoms with E-state index in [4.69, 9.17) is 16.3 Å². The lowest BCUT2D eigenvalue weighted by atomic mass is 10.2. The van der Waals surface area contributed by atoms with Crippen LogP contribution in [0.5, 0.6) is 0 Å². The van der Waals surface area contributed by atoms with E-state index < -0.39 is 0 Å². The molecule has 0 bridgehead atoms. The molecular formula is C14H16ClNO3S. The van der Waals surface area contributed by atoms with Gasteiger partial charge in [0.1, 0.15) is 0 Å². The number of carbonyl (C=O) groups excluding carboxylic acids is 2. The molecule has 1 saturated heterocycles. The van der Waals surface area contributed by atoms with Crippen molar-refractivity contribution in [1.82, 2.24) is 5.32 Å². The highest BCUT2D eigenvalue weighted by Gasteiger charge is 2.30. The average molecular weight is 314 g/mol. The number of benzene rings is 1. The Morgan fingerprint density at radius 3 is 2.60 bits per heavy atom. The number of rotatable bonds is 7. The molecule has 0 aromatic heterocycles. The van der Waals surface area contributed by atoms with Crippen molar-refractivity contribution in [2.24, 2.45) is 0 Å². The van der Waals surface area contributed by atoms with Crippen LogP contribution in [0.15, 0.2) is 24.3 Å². The lowest BCUT2D eigenvalue weighted by Crippen LogP contribution is -2.24. The summed E-state index contributed by atoms with van der Waals surface area (Å²) in [6.45, 7) is 1.21. The molecule has 0 radical (unpaired) electrons. The summed E-state index contributed by atoms with van der Waals surface area (Å²) in [5, 5.41) is 2.55. The maximum atomic E-state index is 11.3. The van der Waals surface area contributed by atoms with Gasteiger partial charge in [-0.15, -0.1) is 0 Å². The monoisotopic (exact) mass is 313 g/mol. The zero-order valence-corrected chi connectivity index (χ0v) is 12.5. The third-order valence-electron chi connectivity index (χ3n) is 2.95. The van der Waals surface area contributed by atoms with Crippen molar-refractivity contribution in [2.45, 2.75) is 31.1 Å². The number of imide groups is 1. The van der Waals surface area contributed by atoms with E-state index >= 15 is 0 Å². The molecule has 1 unspecified atom stereocenters. The van der Waals surface area contributed by atoms with Crippen molar-refractivity contribution in [2.75, 3.05) is 6.61 Å². The van der Waals surface area contributed by atoms with E-state index in [1.807, 2.05) is 24.3 Å². The van der Waals surface area contributed by atoms with Crippen molar-refractivity contribution < 1.29 is 14.3 Å². The van der Waals surface area contributed by atoms with E-state index in [1.54, 1.807) is 0 Å². The third kappa shape index (κ3) is 4.81. The van der Waals surface area contributed by atoms with E-state index in [0.29, 0.717) is 19.6 Å². The zero-order chi connectivity index (χ0) is 14.4. The first-order valence-corrected chi connectivity index (χ1v) is 7.74. The maximum absolute atomic E-state index is 11.3. The summed E-state index contributed by atoms with van der Waals surface area (Å²) >= 11 is 6.88. The van der Waals surface area contributed by atoms with Crippen LogP contribution in [0.2, 0.25) is 5.02 Å². The number of hydrogen-bond donors (Lipinski definition) is 1. The second kappa shape index (κ2) is 7.67. The van der Waals surface area contributed by atoms with Gasteiger partial charge in [-0.1, -0.05) is 35.5 Å². The van der Waals surface area contributed by atoms with Crippen LogP contribution in [0.3, 0.4) is 0 Å². The van der Waals surface area contributed by atoms with Crippen LogP contribution in [0.4, 0.5) is 4.79 Å². The summed E-state index contributed by atoms with van der Waals surface area (Å²) in [6.07, 6.45) is 2.47. The minimum Gasteiger partial charge on any atom is -0.377 e. The molecule has 6 heteroatoms. The molecule has 20 heavy (non-hydrogen) atoms. The maximum Gasteiger partial charge on any atom is 0.286 e. The second-order valence-corrected chi connectivity index (χ2v) is 6.17. The van der Waals surface area contributed by atoms with Crippen molar-refractivity contribution in [3.63, 3.8) is 0 Å². The first kappa shape index (κ1) is 15.4. The molecule has 0 aliphatic carbocycles. The lowest BCUT2D eigenvalue weighted by molar-refractivity contribution is -0.119. The van der Waals surface area contributed by atoms with Crippen LogP contribution in [0.25, 0.3) is 0 Å². The third-order valence-corrected chi connectivity index (χ3v) is 4.26. The molecule has 1 fully saturated rings. The second-order valence-electron chi connectivity index (χ2n) is 4.56. The van der Waals surface area contributed by atoms with Crippen LogP contribution in [-0.4, -0.2) is 23.0 Å². The summed E-state index contributed by atoms with van der Waals surface area (Å²) in [7, 11) is 0. The fourth-order valence-corrected chi connectivity index (χ4v) is 2.88. The quantitative estimate of drug-likeness (QED) is 0.784. The molecule has 1 aliphatic heterocycles. The molecule has 2 rings (SSSR count). The standard InChI is InChI=1S/C14H16ClNO3S/c15-11-6-4-10(5-7-11)9-19-8-2-1-3-12-13(17)16-14(18)20-12/h4-7,12H,1-3,8-9H2,(H,16,17,18). The summed E-state index contributed by atoms with van der Waals surface area (Å²) < 4.78 is 5.55. The van der Waals surface area contributed by atoms with Crippen molar-refractivity contribution in [3.8, 4) is 0 Å². The van der Waals surface area contributed by atoms with E-state index in [2.05, 4.69) is 5.32 Å². The molecule has 1 aromatic rings. The molecule has 4 nitrogen and oxygen atoms in total. The summed E-state index contributed by atoms with van der Waals surface area (Å²) in [5.41, 5.74) is 1.09. The van der Waals surface area contributed by atoms with Gasteiger partial charge in [-0.3, -0.25) is 14.9 Å². The predicted molar refractivity (Wildman–Crippen MR) is 79.9 cm³/mol. The molecule has 1 heterocycles. The van der Waals surface area contributed by atoms with E-state index in [9.17, 15) is 9.59 Å². The minimum absolute atomic E-state index is 0.165. The highest BCUT2D eigenvalue weighted by Crippen LogP contribution is 2.23. The smallest absolute Gasteiger partial charge is 0.286 e. The van der Waals surface area contributed by atoms with Gasteiger partial charge in [-0.05, 0) is 37.0 Å². The number of thioether (sulfide) groups is 1. The first-order chi connectivity index (χ1) is 9.65. The van der Waals surface area contributed by atoms with E-state index in [0.717, 1.165) is 35.2 Å². The van der Waals surface area contributed by atoms with Gasteiger partial charge in [-0.2, -0.15) is 0 Å². The fraction of sp³-hybridized carbons (Fsp3) is 0.429. The molecule has 0 saturated carbocycles. The molecule has 0 spiro atoms. The molecule has 2 amide bonds. The van der Waals surface area contributed by atoms with Gasteiger partial charge in [0.2, 0.25) is 5.91 Å². The van der Waals surface area contributed by atoms with Crippen molar-refractivity contribution in [3.05, 3.63) is 34.9 Å². The minimum atomic E-state index is -0.237. The molecule has 1 N–H and O–H groups in total. The number of hydrogen-bond acceptors (Lipinski definition) is 4. The Morgan fingerprint density at radius 1 is 1.20 bits per heavy atom. The Labute approximate surface area is 127 Å². The van der Waals surface area contributed by atoms with Crippen LogP contribution in [-0.2, 0) is 16.1 Å². The summed E-state index contributed by atoms with van der Waals surface area (Å²) in [4.78, 5) is 22.3. The summed E-state index contributed by atoms with van der Waals surface area (Å²) in [6, 6.07) is 7.56. The number of halogens is 1. The highest BCUT2D eigenvalue weighted by molar-refractivity contribution is 8.15. The Morgan fingerprint density at radius 2 is 1.95 bits per heavy atom. The highest BCUT2D eigenvalue weighted by atomic mass is 35.5. The number of unbranched alkanes of at least 4 members (excludes halogenated alkanes) is 1. The average Bonchev–Trinajstić information content (AvgIpc) is 2.74. The van der Waals surface area contributed by atoms with Crippen LogP contribution in [0, 0.1) is 0 Å². The van der Waals surface area contributed by atoms with Crippen LogP contribution < -0.4 is 5.32 Å². The number of ether oxygens (including phenoxy) is 1. The SMILES string of the molecule is O=C1NC(=O)C(CCCCOCc2ccc(Cl)cc2)S1. The van der Waals surface area contributed by atoms with E-state index in [1.165, 1.54) is 0 Å². The molecule has 1 atom stereocenters.